The highest BCUT2D eigenvalue weighted by atomic mass is 32.2. The van der Waals surface area contributed by atoms with Crippen LogP contribution in [0.4, 0.5) is 5.69 Å². The Morgan fingerprint density at radius 1 is 0.957 bits per heavy atom. The largest absolute Gasteiger partial charge is 0.279 e. The predicted octanol–water partition coefficient (Wildman–Crippen LogP) is 5.12. The summed E-state index contributed by atoms with van der Waals surface area (Å²) in [6.07, 6.45) is 1.03. The number of anilines is 1. The Hall–Kier alpha value is -1.81. The van der Waals surface area contributed by atoms with Crippen molar-refractivity contribution >= 4 is 15.7 Å². The fourth-order valence-corrected chi connectivity index (χ4v) is 3.60. The third-order valence-electron chi connectivity index (χ3n) is 4.20. The number of hydrogen-bond donors (Lipinski definition) is 1. The maximum Gasteiger partial charge on any atom is 0.261 e. The molecular formula is C19H25NO2S. The van der Waals surface area contributed by atoms with Crippen LogP contribution in [0.5, 0.6) is 0 Å². The van der Waals surface area contributed by atoms with Gasteiger partial charge in [0.15, 0.2) is 0 Å². The molecule has 0 amide bonds. The quantitative estimate of drug-likeness (QED) is 0.798. The standard InChI is InChI=1S/C19H25NO2S/c1-5-15(4)16-10-12-17(13-11-16)23(21,22)20-19-9-7-6-8-18(19)14(2)3/h6-15,20H,5H2,1-4H3. The summed E-state index contributed by atoms with van der Waals surface area (Å²) in [5.74, 6) is 0.683. The molecule has 0 heterocycles. The molecule has 0 aliphatic rings. The zero-order valence-electron chi connectivity index (χ0n) is 14.2. The van der Waals surface area contributed by atoms with E-state index in [9.17, 15) is 8.42 Å². The van der Waals surface area contributed by atoms with Crippen molar-refractivity contribution in [2.75, 3.05) is 4.72 Å². The smallest absolute Gasteiger partial charge is 0.261 e. The maximum atomic E-state index is 12.6. The van der Waals surface area contributed by atoms with Crippen molar-refractivity contribution in [3.63, 3.8) is 0 Å². The van der Waals surface area contributed by atoms with Crippen LogP contribution in [0.3, 0.4) is 0 Å². The summed E-state index contributed by atoms with van der Waals surface area (Å²) in [5, 5.41) is 0. The van der Waals surface area contributed by atoms with E-state index >= 15 is 0 Å². The molecule has 1 atom stereocenters. The molecule has 0 spiro atoms. The van der Waals surface area contributed by atoms with Crippen molar-refractivity contribution in [3.8, 4) is 0 Å². The van der Waals surface area contributed by atoms with E-state index in [1.807, 2.05) is 44.2 Å². The van der Waals surface area contributed by atoms with Gasteiger partial charge >= 0.3 is 0 Å². The molecule has 0 bridgehead atoms. The van der Waals surface area contributed by atoms with Gasteiger partial charge in [0, 0.05) is 0 Å². The lowest BCUT2D eigenvalue weighted by atomic mass is 9.99. The van der Waals surface area contributed by atoms with Crippen LogP contribution in [-0.2, 0) is 10.0 Å². The SMILES string of the molecule is CCC(C)c1ccc(S(=O)(=O)Nc2ccccc2C(C)C)cc1. The van der Waals surface area contributed by atoms with E-state index in [-0.39, 0.29) is 5.92 Å². The Bertz CT molecular complexity index is 749. The molecule has 2 aromatic rings. The summed E-state index contributed by atoms with van der Waals surface area (Å²) in [7, 11) is -3.57. The molecule has 0 aliphatic heterocycles. The van der Waals surface area contributed by atoms with E-state index < -0.39 is 10.0 Å². The van der Waals surface area contributed by atoms with Crippen LogP contribution in [0, 0.1) is 0 Å². The van der Waals surface area contributed by atoms with Gasteiger partial charge in [-0.3, -0.25) is 4.72 Å². The first-order valence-corrected chi connectivity index (χ1v) is 9.55. The summed E-state index contributed by atoms with van der Waals surface area (Å²) in [4.78, 5) is 0.295. The fraction of sp³-hybridized carbons (Fsp3) is 0.368. The molecule has 23 heavy (non-hydrogen) atoms. The van der Waals surface area contributed by atoms with Gasteiger partial charge in [-0.15, -0.1) is 0 Å². The molecule has 4 heteroatoms. The number of nitrogens with one attached hydrogen (secondary N) is 1. The lowest BCUT2D eigenvalue weighted by Crippen LogP contribution is -2.14. The Labute approximate surface area is 139 Å². The lowest BCUT2D eigenvalue weighted by molar-refractivity contribution is 0.601. The highest BCUT2D eigenvalue weighted by Gasteiger charge is 2.17. The Balaban J connectivity index is 2.29. The van der Waals surface area contributed by atoms with Gasteiger partial charge in [-0.2, -0.15) is 0 Å². The highest BCUT2D eigenvalue weighted by molar-refractivity contribution is 7.92. The molecule has 0 saturated carbocycles. The van der Waals surface area contributed by atoms with Crippen LogP contribution in [0.15, 0.2) is 53.4 Å². The molecule has 124 valence electrons. The van der Waals surface area contributed by atoms with Crippen molar-refractivity contribution in [1.82, 2.24) is 0 Å². The molecular weight excluding hydrogens is 306 g/mol. The van der Waals surface area contributed by atoms with E-state index in [1.165, 1.54) is 0 Å². The predicted molar refractivity (Wildman–Crippen MR) is 96.5 cm³/mol. The molecule has 1 N–H and O–H groups in total. The first-order chi connectivity index (χ1) is 10.8. The molecule has 0 fully saturated rings. The van der Waals surface area contributed by atoms with E-state index in [0.717, 1.165) is 17.5 Å². The minimum Gasteiger partial charge on any atom is -0.279 e. The molecule has 0 saturated heterocycles. The van der Waals surface area contributed by atoms with E-state index in [4.69, 9.17) is 0 Å². The van der Waals surface area contributed by atoms with Crippen LogP contribution in [0.1, 0.15) is 57.1 Å². The number of rotatable bonds is 6. The Morgan fingerprint density at radius 3 is 2.13 bits per heavy atom. The second-order valence-corrected chi connectivity index (χ2v) is 7.91. The minimum atomic E-state index is -3.57. The van der Waals surface area contributed by atoms with Crippen LogP contribution < -0.4 is 4.72 Å². The van der Waals surface area contributed by atoms with Gasteiger partial charge in [0.25, 0.3) is 10.0 Å². The summed E-state index contributed by atoms with van der Waals surface area (Å²) < 4.78 is 28.0. The molecule has 0 radical (unpaired) electrons. The third kappa shape index (κ3) is 4.14. The summed E-state index contributed by atoms with van der Waals surface area (Å²) in [5.41, 5.74) is 2.80. The average Bonchev–Trinajstić information content (AvgIpc) is 2.54. The fourth-order valence-electron chi connectivity index (χ4n) is 2.51. The molecule has 2 aromatic carbocycles. The molecule has 0 aromatic heterocycles. The highest BCUT2D eigenvalue weighted by Crippen LogP contribution is 2.27. The van der Waals surface area contributed by atoms with E-state index in [2.05, 4.69) is 18.6 Å². The lowest BCUT2D eigenvalue weighted by Gasteiger charge is -2.15. The summed E-state index contributed by atoms with van der Waals surface area (Å²) in [6, 6.07) is 14.7. The molecule has 1 unspecified atom stereocenters. The van der Waals surface area contributed by atoms with Crippen molar-refractivity contribution in [2.45, 2.75) is 50.8 Å². The average molecular weight is 331 g/mol. The molecule has 3 nitrogen and oxygen atoms in total. The minimum absolute atomic E-state index is 0.252. The van der Waals surface area contributed by atoms with Gasteiger partial charge < -0.3 is 0 Å². The first kappa shape index (κ1) is 17.5. The maximum absolute atomic E-state index is 12.6. The van der Waals surface area contributed by atoms with Crippen LogP contribution >= 0.6 is 0 Å². The zero-order valence-corrected chi connectivity index (χ0v) is 15.0. The second-order valence-electron chi connectivity index (χ2n) is 6.23. The second kappa shape index (κ2) is 7.18. The number of sulfonamides is 1. The van der Waals surface area contributed by atoms with E-state index in [1.54, 1.807) is 18.2 Å². The van der Waals surface area contributed by atoms with Crippen molar-refractivity contribution in [1.29, 1.82) is 0 Å². The summed E-state index contributed by atoms with van der Waals surface area (Å²) in [6.45, 7) is 8.36. The van der Waals surface area contributed by atoms with Gasteiger partial charge in [-0.25, -0.2) is 8.42 Å². The summed E-state index contributed by atoms with van der Waals surface area (Å²) >= 11 is 0. The number of para-hydroxylation sites is 1. The van der Waals surface area contributed by atoms with Crippen LogP contribution in [0.25, 0.3) is 0 Å². The number of benzene rings is 2. The Morgan fingerprint density at radius 2 is 1.57 bits per heavy atom. The monoisotopic (exact) mass is 331 g/mol. The van der Waals surface area contributed by atoms with E-state index in [0.29, 0.717) is 16.5 Å². The van der Waals surface area contributed by atoms with Crippen molar-refractivity contribution < 1.29 is 8.42 Å². The number of hydrogen-bond acceptors (Lipinski definition) is 2. The molecule has 0 aliphatic carbocycles. The topological polar surface area (TPSA) is 46.2 Å². The van der Waals surface area contributed by atoms with Crippen LogP contribution in [-0.4, -0.2) is 8.42 Å². The van der Waals surface area contributed by atoms with Gasteiger partial charge in [0.1, 0.15) is 0 Å². The van der Waals surface area contributed by atoms with Gasteiger partial charge in [0.2, 0.25) is 0 Å². The van der Waals surface area contributed by atoms with Gasteiger partial charge in [-0.05, 0) is 47.6 Å². The third-order valence-corrected chi connectivity index (χ3v) is 5.58. The van der Waals surface area contributed by atoms with Crippen molar-refractivity contribution in [2.24, 2.45) is 0 Å². The normalized spacial score (nSPS) is 13.1. The van der Waals surface area contributed by atoms with Gasteiger partial charge in [-0.1, -0.05) is 58.0 Å². The van der Waals surface area contributed by atoms with Gasteiger partial charge in [0.05, 0.1) is 10.6 Å². The van der Waals surface area contributed by atoms with Crippen molar-refractivity contribution in [3.05, 3.63) is 59.7 Å². The molecule has 2 rings (SSSR count). The zero-order chi connectivity index (χ0) is 17.0. The van der Waals surface area contributed by atoms with Crippen LogP contribution in [0.2, 0.25) is 0 Å². The Kier molecular flexibility index (Phi) is 5.47. The first-order valence-electron chi connectivity index (χ1n) is 8.07.